The number of fused-ring (bicyclic) bond motifs is 1. The van der Waals surface area contributed by atoms with E-state index in [4.69, 9.17) is 14.2 Å². The molecule has 8 heteroatoms. The van der Waals surface area contributed by atoms with Crippen LogP contribution >= 0.6 is 0 Å². The second-order valence-electron chi connectivity index (χ2n) is 10.2. The summed E-state index contributed by atoms with van der Waals surface area (Å²) in [7, 11) is 1.80. The average Bonchev–Trinajstić information content (AvgIpc) is 3.33. The van der Waals surface area contributed by atoms with E-state index >= 15 is 0 Å². The van der Waals surface area contributed by atoms with Gasteiger partial charge in [0.2, 0.25) is 5.91 Å². The van der Waals surface area contributed by atoms with Gasteiger partial charge < -0.3 is 24.8 Å². The van der Waals surface area contributed by atoms with Crippen molar-refractivity contribution in [2.24, 2.45) is 17.8 Å². The van der Waals surface area contributed by atoms with Crippen LogP contribution in [0.5, 0.6) is 0 Å². The van der Waals surface area contributed by atoms with Gasteiger partial charge in [0.1, 0.15) is 19.4 Å². The Balaban J connectivity index is 1.17. The molecule has 0 aromatic rings. The van der Waals surface area contributed by atoms with Crippen molar-refractivity contribution in [2.75, 3.05) is 46.6 Å². The van der Waals surface area contributed by atoms with Crippen LogP contribution in [0.2, 0.25) is 0 Å². The molecule has 0 aromatic heterocycles. The third-order valence-corrected chi connectivity index (χ3v) is 8.15. The second kappa shape index (κ2) is 11.8. The fraction of sp³-hybridized carbons (Fsp3) is 0.917. The van der Waals surface area contributed by atoms with Gasteiger partial charge in [-0.25, -0.2) is 0 Å². The fourth-order valence-corrected chi connectivity index (χ4v) is 6.34. The van der Waals surface area contributed by atoms with Crippen molar-refractivity contribution in [1.82, 2.24) is 10.2 Å². The van der Waals surface area contributed by atoms with Crippen LogP contribution in [-0.2, 0) is 23.8 Å². The van der Waals surface area contributed by atoms with Crippen LogP contribution in [-0.4, -0.2) is 81.7 Å². The predicted octanol–water partition coefficient (Wildman–Crippen LogP) is 0.651. The molecule has 32 heavy (non-hydrogen) atoms. The van der Waals surface area contributed by atoms with Crippen LogP contribution < -0.4 is 10.6 Å². The summed E-state index contributed by atoms with van der Waals surface area (Å²) in [5.74, 6) is 1.36. The molecule has 4 rings (SSSR count). The Hall–Kier alpha value is -1.22. The van der Waals surface area contributed by atoms with E-state index in [0.717, 1.165) is 71.1 Å². The Kier molecular flexibility index (Phi) is 8.80. The number of carbonyl (C=O) groups is 2. The summed E-state index contributed by atoms with van der Waals surface area (Å²) < 4.78 is 17.2. The van der Waals surface area contributed by atoms with Gasteiger partial charge in [0, 0.05) is 33.0 Å². The summed E-state index contributed by atoms with van der Waals surface area (Å²) >= 11 is 0. The van der Waals surface area contributed by atoms with Gasteiger partial charge in [-0.3, -0.25) is 14.5 Å². The van der Waals surface area contributed by atoms with Crippen LogP contribution in [0.25, 0.3) is 0 Å². The highest BCUT2D eigenvalue weighted by Crippen LogP contribution is 2.46. The van der Waals surface area contributed by atoms with E-state index < -0.39 is 0 Å². The maximum Gasteiger partial charge on any atom is 0.306 e. The number of ether oxygens (including phenoxy) is 3. The summed E-state index contributed by atoms with van der Waals surface area (Å²) in [5.41, 5.74) is 0. The zero-order valence-electron chi connectivity index (χ0n) is 19.6. The molecule has 2 aliphatic carbocycles. The molecule has 2 saturated heterocycles. The number of nitrogens with two attached hydrogens (primary N) is 1. The monoisotopic (exact) mass is 452 g/mol. The summed E-state index contributed by atoms with van der Waals surface area (Å²) in [6, 6.07) is 0. The number of hydrogen-bond acceptors (Lipinski definition) is 6. The lowest BCUT2D eigenvalue weighted by Crippen LogP contribution is -2.82. The van der Waals surface area contributed by atoms with E-state index in [1.54, 1.807) is 7.11 Å². The molecule has 0 aromatic carbocycles. The molecule has 4 fully saturated rings. The van der Waals surface area contributed by atoms with Gasteiger partial charge in [0.25, 0.3) is 0 Å². The minimum absolute atomic E-state index is 0.00193. The number of amides is 1. The maximum absolute atomic E-state index is 12.3. The Morgan fingerprint density at radius 2 is 1.97 bits per heavy atom. The Morgan fingerprint density at radius 3 is 2.72 bits per heavy atom. The summed E-state index contributed by atoms with van der Waals surface area (Å²) in [6.45, 7) is 5.20. The molecule has 3 N–H and O–H groups in total. The standard InChI is InChI=1S/C24H41N3O5/c1-30-18-5-3-17(4-6-18)21-14-24(29)32-22-13-19(7-8-20(21)22)31-15-23(28)26-9-2-11-27-12-10-25-16-27/h17-22,25H,2-16H2,1H3,(H,26,28)/p+1. The molecular weight excluding hydrogens is 410 g/mol. The van der Waals surface area contributed by atoms with E-state index in [1.165, 1.54) is 6.54 Å². The molecule has 2 aliphatic heterocycles. The number of hydrogen-bond donors (Lipinski definition) is 2. The number of methoxy groups -OCH3 is 1. The van der Waals surface area contributed by atoms with Gasteiger partial charge >= 0.3 is 5.97 Å². The lowest BCUT2D eigenvalue weighted by atomic mass is 9.65. The Labute approximate surface area is 192 Å². The SMILES string of the molecule is COC1CCC(C2CC(=O)OC3CC(OCC(=O)NCCCN4CC[NH2+]C4)CCC32)CC1. The van der Waals surface area contributed by atoms with Gasteiger partial charge in [-0.2, -0.15) is 0 Å². The summed E-state index contributed by atoms with van der Waals surface area (Å²) in [4.78, 5) is 26.9. The van der Waals surface area contributed by atoms with Gasteiger partial charge in [0.05, 0.1) is 25.3 Å². The van der Waals surface area contributed by atoms with Gasteiger partial charge in [0.15, 0.2) is 0 Å². The highest BCUT2D eigenvalue weighted by atomic mass is 16.5. The predicted molar refractivity (Wildman–Crippen MR) is 119 cm³/mol. The van der Waals surface area contributed by atoms with Crippen LogP contribution in [0.1, 0.15) is 57.8 Å². The van der Waals surface area contributed by atoms with Crippen LogP contribution in [0, 0.1) is 17.8 Å². The minimum atomic E-state index is -0.0564. The third-order valence-electron chi connectivity index (χ3n) is 8.15. The van der Waals surface area contributed by atoms with E-state index in [9.17, 15) is 9.59 Å². The van der Waals surface area contributed by atoms with E-state index in [2.05, 4.69) is 15.5 Å². The number of nitrogens with zero attached hydrogens (tertiary/aromatic N) is 1. The van der Waals surface area contributed by atoms with E-state index in [1.807, 2.05) is 0 Å². The van der Waals surface area contributed by atoms with Crippen LogP contribution in [0.3, 0.4) is 0 Å². The highest BCUT2D eigenvalue weighted by Gasteiger charge is 2.46. The number of quaternary nitrogens is 1. The molecule has 2 heterocycles. The van der Waals surface area contributed by atoms with Crippen molar-refractivity contribution in [1.29, 1.82) is 0 Å². The van der Waals surface area contributed by atoms with Crippen molar-refractivity contribution >= 4 is 11.9 Å². The van der Waals surface area contributed by atoms with Gasteiger partial charge in [-0.15, -0.1) is 0 Å². The number of carbonyl (C=O) groups excluding carboxylic acids is 2. The smallest absolute Gasteiger partial charge is 0.306 e. The molecular formula is C24H42N3O5+. The molecule has 8 nitrogen and oxygen atoms in total. The zero-order chi connectivity index (χ0) is 22.3. The molecule has 4 aliphatic rings. The van der Waals surface area contributed by atoms with Crippen molar-refractivity contribution < 1.29 is 29.1 Å². The number of nitrogens with one attached hydrogen (secondary N) is 1. The average molecular weight is 453 g/mol. The molecule has 0 radical (unpaired) electrons. The first-order valence-electron chi connectivity index (χ1n) is 12.8. The van der Waals surface area contributed by atoms with Crippen molar-refractivity contribution in [3.05, 3.63) is 0 Å². The summed E-state index contributed by atoms with van der Waals surface area (Å²) in [5, 5.41) is 5.28. The lowest BCUT2D eigenvalue weighted by Gasteiger charge is -2.46. The molecule has 182 valence electrons. The number of esters is 1. The zero-order valence-corrected chi connectivity index (χ0v) is 19.6. The first kappa shape index (κ1) is 23.9. The maximum atomic E-state index is 12.3. The van der Waals surface area contributed by atoms with E-state index in [-0.39, 0.29) is 30.7 Å². The van der Waals surface area contributed by atoms with Crippen LogP contribution in [0.15, 0.2) is 0 Å². The molecule has 4 atom stereocenters. The first-order chi connectivity index (χ1) is 15.6. The Bertz CT molecular complexity index is 619. The van der Waals surface area contributed by atoms with Gasteiger partial charge in [-0.1, -0.05) is 0 Å². The largest absolute Gasteiger partial charge is 0.462 e. The Morgan fingerprint density at radius 1 is 1.16 bits per heavy atom. The van der Waals surface area contributed by atoms with E-state index in [0.29, 0.717) is 36.8 Å². The molecule has 0 spiro atoms. The molecule has 0 bridgehead atoms. The molecule has 2 saturated carbocycles. The summed E-state index contributed by atoms with van der Waals surface area (Å²) in [6.07, 6.45) is 9.04. The van der Waals surface area contributed by atoms with Crippen molar-refractivity contribution in [3.63, 3.8) is 0 Å². The topological polar surface area (TPSA) is 93.7 Å². The molecule has 1 amide bonds. The highest BCUT2D eigenvalue weighted by molar-refractivity contribution is 5.77. The first-order valence-corrected chi connectivity index (χ1v) is 12.8. The minimum Gasteiger partial charge on any atom is -0.462 e. The fourth-order valence-electron chi connectivity index (χ4n) is 6.34. The quantitative estimate of drug-likeness (QED) is 0.394. The lowest BCUT2D eigenvalue weighted by molar-refractivity contribution is -0.642. The second-order valence-corrected chi connectivity index (χ2v) is 10.2. The van der Waals surface area contributed by atoms with Crippen molar-refractivity contribution in [2.45, 2.75) is 76.1 Å². The normalized spacial score (nSPS) is 35.8. The molecule has 4 unspecified atom stereocenters. The van der Waals surface area contributed by atoms with Crippen molar-refractivity contribution in [3.8, 4) is 0 Å². The van der Waals surface area contributed by atoms with Gasteiger partial charge in [-0.05, 0) is 62.7 Å². The third kappa shape index (κ3) is 6.43. The van der Waals surface area contributed by atoms with Crippen LogP contribution in [0.4, 0.5) is 0 Å². The number of rotatable bonds is 9.